The standard InChI is InChI=1S/C15H27N3O2S/c1-3-20-13-9-12(10-13)11-15-18-17-14(21-15)5-4-6-16-7-8-19-2/h12-13,16H,3-11H2,1-2H3. The van der Waals surface area contributed by atoms with E-state index >= 15 is 0 Å². The summed E-state index contributed by atoms with van der Waals surface area (Å²) in [6.07, 6.45) is 6.06. The number of hydrogen-bond acceptors (Lipinski definition) is 6. The fourth-order valence-corrected chi connectivity index (χ4v) is 3.60. The van der Waals surface area contributed by atoms with Crippen molar-refractivity contribution in [3.63, 3.8) is 0 Å². The highest BCUT2D eigenvalue weighted by Gasteiger charge is 2.30. The maximum absolute atomic E-state index is 5.60. The summed E-state index contributed by atoms with van der Waals surface area (Å²) < 4.78 is 10.6. The van der Waals surface area contributed by atoms with Gasteiger partial charge in [-0.1, -0.05) is 0 Å². The Labute approximate surface area is 131 Å². The van der Waals surface area contributed by atoms with Crippen molar-refractivity contribution in [3.8, 4) is 0 Å². The molecule has 1 N–H and O–H groups in total. The van der Waals surface area contributed by atoms with Crippen molar-refractivity contribution in [2.24, 2.45) is 5.92 Å². The second kappa shape index (κ2) is 9.46. The molecule has 0 spiro atoms. The third-order valence-corrected chi connectivity index (χ3v) is 4.80. The van der Waals surface area contributed by atoms with Gasteiger partial charge in [0.2, 0.25) is 0 Å². The third kappa shape index (κ3) is 5.98. The monoisotopic (exact) mass is 313 g/mol. The molecule has 1 aromatic rings. The third-order valence-electron chi connectivity index (χ3n) is 3.79. The summed E-state index contributed by atoms with van der Waals surface area (Å²) in [4.78, 5) is 0. The maximum Gasteiger partial charge on any atom is 0.117 e. The summed E-state index contributed by atoms with van der Waals surface area (Å²) in [5.74, 6) is 0.748. The van der Waals surface area contributed by atoms with Gasteiger partial charge in [0.15, 0.2) is 0 Å². The molecule has 2 rings (SSSR count). The molecule has 6 heteroatoms. The molecule has 0 amide bonds. The van der Waals surface area contributed by atoms with E-state index in [4.69, 9.17) is 9.47 Å². The average Bonchev–Trinajstić information content (AvgIpc) is 2.88. The summed E-state index contributed by atoms with van der Waals surface area (Å²) in [6.45, 7) is 5.60. The smallest absolute Gasteiger partial charge is 0.117 e. The van der Waals surface area contributed by atoms with Crippen molar-refractivity contribution in [1.29, 1.82) is 0 Å². The average molecular weight is 313 g/mol. The Morgan fingerprint density at radius 1 is 1.24 bits per heavy atom. The number of rotatable bonds is 11. The van der Waals surface area contributed by atoms with Gasteiger partial charge in [0.05, 0.1) is 12.7 Å². The Morgan fingerprint density at radius 3 is 2.81 bits per heavy atom. The van der Waals surface area contributed by atoms with E-state index in [1.807, 2.05) is 0 Å². The summed E-state index contributed by atoms with van der Waals surface area (Å²) in [5.41, 5.74) is 0. The lowest BCUT2D eigenvalue weighted by molar-refractivity contribution is -0.0240. The van der Waals surface area contributed by atoms with Crippen molar-refractivity contribution >= 4 is 11.3 Å². The van der Waals surface area contributed by atoms with Crippen LogP contribution in [0.1, 0.15) is 36.2 Å². The van der Waals surface area contributed by atoms with Crippen LogP contribution >= 0.6 is 11.3 Å². The molecule has 21 heavy (non-hydrogen) atoms. The van der Waals surface area contributed by atoms with Crippen LogP contribution in [0.15, 0.2) is 0 Å². The van der Waals surface area contributed by atoms with Crippen LogP contribution in [0, 0.1) is 5.92 Å². The first-order chi connectivity index (χ1) is 10.3. The first kappa shape index (κ1) is 16.8. The number of hydrogen-bond donors (Lipinski definition) is 1. The van der Waals surface area contributed by atoms with E-state index in [9.17, 15) is 0 Å². The largest absolute Gasteiger partial charge is 0.383 e. The van der Waals surface area contributed by atoms with Crippen molar-refractivity contribution in [2.45, 2.75) is 45.1 Å². The first-order valence-electron chi connectivity index (χ1n) is 7.94. The van der Waals surface area contributed by atoms with Gasteiger partial charge in [-0.15, -0.1) is 21.5 Å². The van der Waals surface area contributed by atoms with E-state index in [-0.39, 0.29) is 0 Å². The zero-order valence-electron chi connectivity index (χ0n) is 13.1. The van der Waals surface area contributed by atoms with Gasteiger partial charge < -0.3 is 14.8 Å². The van der Waals surface area contributed by atoms with Crippen LogP contribution < -0.4 is 5.32 Å². The van der Waals surface area contributed by atoms with Crippen molar-refractivity contribution in [1.82, 2.24) is 15.5 Å². The molecular weight excluding hydrogens is 286 g/mol. The lowest BCUT2D eigenvalue weighted by Crippen LogP contribution is -2.32. The van der Waals surface area contributed by atoms with Gasteiger partial charge in [0, 0.05) is 33.1 Å². The van der Waals surface area contributed by atoms with Crippen LogP contribution in [-0.2, 0) is 22.3 Å². The highest BCUT2D eigenvalue weighted by atomic mass is 32.1. The zero-order valence-corrected chi connectivity index (χ0v) is 14.0. The highest BCUT2D eigenvalue weighted by Crippen LogP contribution is 2.33. The molecule has 0 saturated heterocycles. The van der Waals surface area contributed by atoms with Crippen LogP contribution in [0.3, 0.4) is 0 Å². The number of nitrogens with one attached hydrogen (secondary N) is 1. The molecule has 5 nitrogen and oxygen atoms in total. The molecule has 1 aromatic heterocycles. The predicted octanol–water partition coefficient (Wildman–Crippen LogP) is 2.06. The normalized spacial score (nSPS) is 21.4. The fourth-order valence-electron chi connectivity index (χ4n) is 2.60. The van der Waals surface area contributed by atoms with Gasteiger partial charge >= 0.3 is 0 Å². The van der Waals surface area contributed by atoms with E-state index in [1.54, 1.807) is 18.4 Å². The van der Waals surface area contributed by atoms with Gasteiger partial charge in [0.1, 0.15) is 10.0 Å². The zero-order chi connectivity index (χ0) is 14.9. The van der Waals surface area contributed by atoms with E-state index in [0.717, 1.165) is 51.5 Å². The number of aromatic nitrogens is 2. The molecule has 120 valence electrons. The topological polar surface area (TPSA) is 56.3 Å². The second-order valence-electron chi connectivity index (χ2n) is 5.55. The summed E-state index contributed by atoms with van der Waals surface area (Å²) in [6, 6.07) is 0. The lowest BCUT2D eigenvalue weighted by Gasteiger charge is -2.34. The molecule has 0 aromatic carbocycles. The van der Waals surface area contributed by atoms with E-state index in [1.165, 1.54) is 22.9 Å². The Balaban J connectivity index is 1.57. The van der Waals surface area contributed by atoms with Gasteiger partial charge in [-0.05, 0) is 38.6 Å². The number of aryl methyl sites for hydroxylation is 1. The van der Waals surface area contributed by atoms with Gasteiger partial charge in [-0.25, -0.2) is 0 Å². The van der Waals surface area contributed by atoms with E-state index < -0.39 is 0 Å². The van der Waals surface area contributed by atoms with Gasteiger partial charge in [-0.2, -0.15) is 0 Å². The minimum atomic E-state index is 0.491. The summed E-state index contributed by atoms with van der Waals surface area (Å²) in [7, 11) is 1.73. The Hall–Kier alpha value is -0.560. The van der Waals surface area contributed by atoms with Crippen LogP contribution in [0.2, 0.25) is 0 Å². The highest BCUT2D eigenvalue weighted by molar-refractivity contribution is 7.11. The molecule has 0 radical (unpaired) electrons. The van der Waals surface area contributed by atoms with Crippen LogP contribution in [0.25, 0.3) is 0 Å². The molecule has 1 aliphatic rings. The SMILES string of the molecule is CCOC1CC(Cc2nnc(CCCNCCOC)s2)C1. The van der Waals surface area contributed by atoms with Crippen LogP contribution in [0.4, 0.5) is 0 Å². The number of ether oxygens (including phenoxy) is 2. The molecule has 1 saturated carbocycles. The molecule has 0 bridgehead atoms. The Morgan fingerprint density at radius 2 is 2.05 bits per heavy atom. The van der Waals surface area contributed by atoms with Crippen LogP contribution in [0.5, 0.6) is 0 Å². The first-order valence-corrected chi connectivity index (χ1v) is 8.76. The lowest BCUT2D eigenvalue weighted by atomic mass is 9.80. The second-order valence-corrected chi connectivity index (χ2v) is 6.70. The fraction of sp³-hybridized carbons (Fsp3) is 0.867. The van der Waals surface area contributed by atoms with Gasteiger partial charge in [-0.3, -0.25) is 0 Å². The minimum Gasteiger partial charge on any atom is -0.383 e. The molecule has 1 fully saturated rings. The Kier molecular flexibility index (Phi) is 7.57. The minimum absolute atomic E-state index is 0.491. The molecule has 0 aliphatic heterocycles. The molecular formula is C15H27N3O2S. The van der Waals surface area contributed by atoms with E-state index in [2.05, 4.69) is 22.4 Å². The van der Waals surface area contributed by atoms with Crippen molar-refractivity contribution < 1.29 is 9.47 Å². The number of nitrogens with zero attached hydrogens (tertiary/aromatic N) is 2. The summed E-state index contributed by atoms with van der Waals surface area (Å²) in [5, 5.41) is 14.3. The quantitative estimate of drug-likeness (QED) is 0.634. The molecule has 1 heterocycles. The van der Waals surface area contributed by atoms with E-state index in [0.29, 0.717) is 6.10 Å². The van der Waals surface area contributed by atoms with Crippen molar-refractivity contribution in [3.05, 3.63) is 10.0 Å². The molecule has 0 unspecified atom stereocenters. The molecule has 0 atom stereocenters. The maximum atomic E-state index is 5.60. The number of methoxy groups -OCH3 is 1. The predicted molar refractivity (Wildman–Crippen MR) is 84.8 cm³/mol. The Bertz CT molecular complexity index is 394. The summed E-state index contributed by atoms with van der Waals surface area (Å²) >= 11 is 1.78. The van der Waals surface area contributed by atoms with Crippen molar-refractivity contribution in [2.75, 3.05) is 33.4 Å². The molecule has 1 aliphatic carbocycles. The van der Waals surface area contributed by atoms with Crippen LogP contribution in [-0.4, -0.2) is 49.7 Å². The van der Waals surface area contributed by atoms with Gasteiger partial charge in [0.25, 0.3) is 0 Å².